The zero-order valence-electron chi connectivity index (χ0n) is 17.5. The molecule has 0 spiro atoms. The van der Waals surface area contributed by atoms with Gasteiger partial charge < -0.3 is 14.4 Å². The lowest BCUT2D eigenvalue weighted by Gasteiger charge is -2.11. The van der Waals surface area contributed by atoms with Gasteiger partial charge in [0.2, 0.25) is 0 Å². The summed E-state index contributed by atoms with van der Waals surface area (Å²) in [5.41, 5.74) is 3.75. The number of ether oxygens (including phenoxy) is 1. The van der Waals surface area contributed by atoms with E-state index in [1.165, 1.54) is 0 Å². The van der Waals surface area contributed by atoms with E-state index in [0.29, 0.717) is 18.8 Å². The summed E-state index contributed by atoms with van der Waals surface area (Å²) in [6.07, 6.45) is 5.31. The maximum atomic E-state index is 12.0. The van der Waals surface area contributed by atoms with E-state index >= 15 is 0 Å². The number of pyridine rings is 2. The molecule has 3 heterocycles. The van der Waals surface area contributed by atoms with Gasteiger partial charge in [-0.15, -0.1) is 0 Å². The van der Waals surface area contributed by atoms with Gasteiger partial charge in [-0.25, -0.2) is 4.79 Å². The van der Waals surface area contributed by atoms with E-state index in [0.717, 1.165) is 38.6 Å². The average Bonchev–Trinajstić information content (AvgIpc) is 3.19. The summed E-state index contributed by atoms with van der Waals surface area (Å²) in [6.45, 7) is 2.77. The topological polar surface area (TPSA) is 77.2 Å². The van der Waals surface area contributed by atoms with Crippen LogP contribution in [0.4, 0.5) is 0 Å². The molecule has 0 fully saturated rings. The normalized spacial score (nSPS) is 11.2. The number of hydrogen-bond donors (Lipinski definition) is 1. The first-order valence-corrected chi connectivity index (χ1v) is 10.4. The fourth-order valence-corrected chi connectivity index (χ4v) is 4.01. The van der Waals surface area contributed by atoms with E-state index in [4.69, 9.17) is 4.74 Å². The van der Waals surface area contributed by atoms with Crippen LogP contribution in [0.25, 0.3) is 32.9 Å². The number of rotatable bonds is 6. The number of nitrogens with zero attached hydrogens (tertiary/aromatic N) is 3. The first-order chi connectivity index (χ1) is 15.6. The van der Waals surface area contributed by atoms with Gasteiger partial charge in [0, 0.05) is 34.9 Å². The second-order valence-corrected chi connectivity index (χ2v) is 7.65. The van der Waals surface area contributed by atoms with Crippen molar-refractivity contribution in [3.05, 3.63) is 90.5 Å². The summed E-state index contributed by atoms with van der Waals surface area (Å²) in [7, 11) is 0. The summed E-state index contributed by atoms with van der Waals surface area (Å²) in [4.78, 5) is 21.0. The van der Waals surface area contributed by atoms with E-state index in [1.807, 2.05) is 67.7 Å². The third kappa shape index (κ3) is 3.56. The van der Waals surface area contributed by atoms with Gasteiger partial charge in [-0.05, 0) is 36.6 Å². The number of carboxylic acid groups (broad SMARTS) is 1. The fraction of sp³-hybridized carbons (Fsp3) is 0.115. The number of fused-ring (bicyclic) bond motifs is 2. The van der Waals surface area contributed by atoms with Gasteiger partial charge in [-0.2, -0.15) is 0 Å². The minimum Gasteiger partial charge on any atom is -0.492 e. The van der Waals surface area contributed by atoms with E-state index in [2.05, 4.69) is 9.97 Å². The van der Waals surface area contributed by atoms with Crippen LogP contribution in [0.3, 0.4) is 0 Å². The van der Waals surface area contributed by atoms with E-state index in [1.54, 1.807) is 23.0 Å². The molecule has 2 aromatic carbocycles. The lowest BCUT2D eigenvalue weighted by atomic mass is 10.0. The Labute approximate surface area is 184 Å². The molecule has 0 aliphatic heterocycles. The predicted molar refractivity (Wildman–Crippen MR) is 124 cm³/mol. The molecular weight excluding hydrogens is 402 g/mol. The van der Waals surface area contributed by atoms with Crippen LogP contribution >= 0.6 is 0 Å². The van der Waals surface area contributed by atoms with Crippen molar-refractivity contribution in [3.8, 4) is 17.0 Å². The van der Waals surface area contributed by atoms with Crippen LogP contribution in [0.1, 0.15) is 16.1 Å². The SMILES string of the molecule is Cc1ccc(OCCn2c(C(=O)O)cc3c(-c4cncc5ccccc45)nccc32)cc1. The van der Waals surface area contributed by atoms with Crippen molar-refractivity contribution in [2.45, 2.75) is 13.5 Å². The standard InChI is InChI=1S/C26H21N3O3/c1-17-6-8-19(9-7-17)32-13-12-29-23-10-11-28-25(21(23)14-24(29)26(30)31)22-16-27-15-18-4-2-3-5-20(18)22/h2-11,14-16H,12-13H2,1H3,(H,30,31). The van der Waals surface area contributed by atoms with Gasteiger partial charge in [0.15, 0.2) is 0 Å². The summed E-state index contributed by atoms with van der Waals surface area (Å²) in [5, 5.41) is 12.7. The molecule has 6 heteroatoms. The van der Waals surface area contributed by atoms with Crippen LogP contribution < -0.4 is 4.74 Å². The molecule has 0 aliphatic rings. The Balaban J connectivity index is 1.56. The third-order valence-corrected chi connectivity index (χ3v) is 5.58. The molecular formula is C26H21N3O3. The maximum absolute atomic E-state index is 12.0. The molecule has 158 valence electrons. The third-order valence-electron chi connectivity index (χ3n) is 5.58. The van der Waals surface area contributed by atoms with Crippen molar-refractivity contribution in [2.75, 3.05) is 6.61 Å². The largest absolute Gasteiger partial charge is 0.492 e. The van der Waals surface area contributed by atoms with Crippen molar-refractivity contribution in [1.82, 2.24) is 14.5 Å². The molecule has 1 N–H and O–H groups in total. The minimum absolute atomic E-state index is 0.204. The Kier molecular flexibility index (Phi) is 5.03. The second kappa shape index (κ2) is 8.15. The molecule has 5 rings (SSSR count). The molecule has 0 radical (unpaired) electrons. The quantitative estimate of drug-likeness (QED) is 0.399. The Morgan fingerprint density at radius 2 is 1.84 bits per heavy atom. The van der Waals surface area contributed by atoms with Crippen LogP contribution in [0, 0.1) is 6.92 Å². The Bertz CT molecular complexity index is 1430. The molecule has 0 amide bonds. The molecule has 0 unspecified atom stereocenters. The zero-order chi connectivity index (χ0) is 22.1. The van der Waals surface area contributed by atoms with Gasteiger partial charge in [-0.1, -0.05) is 42.0 Å². The van der Waals surface area contributed by atoms with Gasteiger partial charge in [-0.3, -0.25) is 9.97 Å². The predicted octanol–water partition coefficient (Wildman–Crippen LogP) is 5.34. The number of aromatic nitrogens is 3. The lowest BCUT2D eigenvalue weighted by Crippen LogP contribution is -2.13. The molecule has 0 saturated carbocycles. The highest BCUT2D eigenvalue weighted by molar-refractivity contribution is 6.05. The monoisotopic (exact) mass is 423 g/mol. The van der Waals surface area contributed by atoms with E-state index < -0.39 is 5.97 Å². The first kappa shape index (κ1) is 19.8. The highest BCUT2D eigenvalue weighted by Crippen LogP contribution is 2.33. The van der Waals surface area contributed by atoms with E-state index in [9.17, 15) is 9.90 Å². The van der Waals surface area contributed by atoms with Gasteiger partial charge in [0.25, 0.3) is 0 Å². The number of carbonyl (C=O) groups is 1. The number of aryl methyl sites for hydroxylation is 1. The highest BCUT2D eigenvalue weighted by atomic mass is 16.5. The molecule has 0 bridgehead atoms. The summed E-state index contributed by atoms with van der Waals surface area (Å²) in [6, 6.07) is 19.3. The summed E-state index contributed by atoms with van der Waals surface area (Å²) >= 11 is 0. The molecule has 3 aromatic heterocycles. The van der Waals surface area contributed by atoms with Crippen LogP contribution in [0.5, 0.6) is 5.75 Å². The summed E-state index contributed by atoms with van der Waals surface area (Å²) in [5.74, 6) is -0.230. The number of aromatic carboxylic acids is 1. The van der Waals surface area contributed by atoms with Crippen LogP contribution in [-0.4, -0.2) is 32.2 Å². The van der Waals surface area contributed by atoms with Gasteiger partial charge in [0.1, 0.15) is 18.1 Å². The second-order valence-electron chi connectivity index (χ2n) is 7.65. The van der Waals surface area contributed by atoms with Crippen molar-refractivity contribution >= 4 is 27.6 Å². The molecule has 0 saturated heterocycles. The van der Waals surface area contributed by atoms with Crippen molar-refractivity contribution in [3.63, 3.8) is 0 Å². The average molecular weight is 423 g/mol. The number of carboxylic acids is 1. The number of hydrogen-bond acceptors (Lipinski definition) is 4. The lowest BCUT2D eigenvalue weighted by molar-refractivity contribution is 0.0684. The molecule has 6 nitrogen and oxygen atoms in total. The van der Waals surface area contributed by atoms with Crippen molar-refractivity contribution < 1.29 is 14.6 Å². The van der Waals surface area contributed by atoms with Crippen LogP contribution in [-0.2, 0) is 6.54 Å². The van der Waals surface area contributed by atoms with Gasteiger partial charge >= 0.3 is 5.97 Å². The Morgan fingerprint density at radius 1 is 1.03 bits per heavy atom. The summed E-state index contributed by atoms with van der Waals surface area (Å²) < 4.78 is 7.62. The van der Waals surface area contributed by atoms with Gasteiger partial charge in [0.05, 0.1) is 17.8 Å². The zero-order valence-corrected chi connectivity index (χ0v) is 17.5. The van der Waals surface area contributed by atoms with Crippen LogP contribution in [0.15, 0.2) is 79.3 Å². The Morgan fingerprint density at radius 3 is 2.66 bits per heavy atom. The maximum Gasteiger partial charge on any atom is 0.352 e. The molecule has 0 aliphatic carbocycles. The molecule has 0 atom stereocenters. The molecule has 32 heavy (non-hydrogen) atoms. The van der Waals surface area contributed by atoms with Crippen molar-refractivity contribution in [1.29, 1.82) is 0 Å². The Hall–Kier alpha value is -4.19. The van der Waals surface area contributed by atoms with Crippen molar-refractivity contribution in [2.24, 2.45) is 0 Å². The van der Waals surface area contributed by atoms with Crippen LogP contribution in [0.2, 0.25) is 0 Å². The fourth-order valence-electron chi connectivity index (χ4n) is 4.01. The number of benzene rings is 2. The van der Waals surface area contributed by atoms with E-state index in [-0.39, 0.29) is 5.69 Å². The highest BCUT2D eigenvalue weighted by Gasteiger charge is 2.19. The smallest absolute Gasteiger partial charge is 0.352 e. The minimum atomic E-state index is -0.987. The molecule has 5 aromatic rings. The first-order valence-electron chi connectivity index (χ1n) is 10.4.